The van der Waals surface area contributed by atoms with Gasteiger partial charge in [0.05, 0.1) is 0 Å². The van der Waals surface area contributed by atoms with Gasteiger partial charge in [-0.3, -0.25) is 14.4 Å². The summed E-state index contributed by atoms with van der Waals surface area (Å²) in [5.74, 6) is -1.42. The van der Waals surface area contributed by atoms with Crippen LogP contribution >= 0.6 is 0 Å². The normalized spacial score (nSPS) is 11.2. The first-order valence-corrected chi connectivity index (χ1v) is 12.4. The van der Waals surface area contributed by atoms with E-state index in [1.54, 1.807) is 6.92 Å². The lowest BCUT2D eigenvalue weighted by Gasteiger charge is -2.29. The van der Waals surface area contributed by atoms with Crippen molar-refractivity contribution >= 4 is 17.7 Å². The average Bonchev–Trinajstić information content (AvgIpc) is 2.74. The summed E-state index contributed by atoms with van der Waals surface area (Å²) in [6.07, 6.45) is 12.5. The molecule has 0 aliphatic carbocycles. The topological polar surface area (TPSA) is 87.3 Å². The van der Waals surface area contributed by atoms with Crippen molar-refractivity contribution in [1.82, 2.24) is 16.0 Å². The van der Waals surface area contributed by atoms with Gasteiger partial charge < -0.3 is 16.0 Å². The van der Waals surface area contributed by atoms with Gasteiger partial charge >= 0.3 is 0 Å². The summed E-state index contributed by atoms with van der Waals surface area (Å²) in [5.41, 5.74) is -1.69. The van der Waals surface area contributed by atoms with Crippen molar-refractivity contribution in [1.29, 1.82) is 0 Å². The molecule has 0 radical (unpaired) electrons. The molecule has 3 amide bonds. The lowest BCUT2D eigenvalue weighted by atomic mass is 9.81. The standard InChI is InChI=1S/C24H47N3O3/c1-5-9-12-15-18-25-21(28)24(8-4,22(29)26-19-16-13-10-6-2)23(30)27-20-17-14-11-7-3/h5-20H2,1-4H3,(H,25,28)(H,26,29)(H,27,30). The Kier molecular flexibility index (Phi) is 17.2. The fourth-order valence-electron chi connectivity index (χ4n) is 3.50. The predicted molar refractivity (Wildman–Crippen MR) is 124 cm³/mol. The van der Waals surface area contributed by atoms with Crippen LogP contribution in [0.5, 0.6) is 0 Å². The van der Waals surface area contributed by atoms with E-state index in [0.717, 1.165) is 77.0 Å². The molecule has 0 saturated heterocycles. The largest absolute Gasteiger partial charge is 0.355 e. The molecule has 0 aromatic rings. The Hall–Kier alpha value is -1.59. The molecule has 3 N–H and O–H groups in total. The molecule has 0 spiro atoms. The number of carbonyl (C=O) groups excluding carboxylic acids is 3. The molecule has 6 heteroatoms. The van der Waals surface area contributed by atoms with E-state index in [1.807, 2.05) is 0 Å². The Labute approximate surface area is 184 Å². The molecule has 0 saturated carbocycles. The van der Waals surface area contributed by atoms with Crippen LogP contribution in [0.15, 0.2) is 0 Å². The van der Waals surface area contributed by atoms with Crippen LogP contribution < -0.4 is 16.0 Å². The van der Waals surface area contributed by atoms with Crippen molar-refractivity contribution in [2.45, 2.75) is 111 Å². The van der Waals surface area contributed by atoms with E-state index >= 15 is 0 Å². The van der Waals surface area contributed by atoms with E-state index in [-0.39, 0.29) is 6.42 Å². The molecular formula is C24H47N3O3. The molecule has 6 nitrogen and oxygen atoms in total. The number of hydrogen-bond donors (Lipinski definition) is 3. The van der Waals surface area contributed by atoms with E-state index in [1.165, 1.54) is 0 Å². The summed E-state index contributed by atoms with van der Waals surface area (Å²) in [6, 6.07) is 0. The van der Waals surface area contributed by atoms with E-state index in [9.17, 15) is 14.4 Å². The van der Waals surface area contributed by atoms with Crippen molar-refractivity contribution in [3.05, 3.63) is 0 Å². The molecule has 0 aromatic carbocycles. The number of nitrogens with one attached hydrogen (secondary N) is 3. The Bertz CT molecular complexity index is 416. The van der Waals surface area contributed by atoms with Gasteiger partial charge in [-0.25, -0.2) is 0 Å². The van der Waals surface area contributed by atoms with E-state index in [2.05, 4.69) is 36.7 Å². The first kappa shape index (κ1) is 28.4. The van der Waals surface area contributed by atoms with Crippen molar-refractivity contribution in [2.24, 2.45) is 5.41 Å². The van der Waals surface area contributed by atoms with Gasteiger partial charge in [-0.15, -0.1) is 0 Å². The van der Waals surface area contributed by atoms with Gasteiger partial charge in [0, 0.05) is 19.6 Å². The molecule has 0 aliphatic heterocycles. The Morgan fingerprint density at radius 2 is 0.800 bits per heavy atom. The zero-order valence-corrected chi connectivity index (χ0v) is 20.0. The van der Waals surface area contributed by atoms with E-state index in [0.29, 0.717) is 19.6 Å². The highest BCUT2D eigenvalue weighted by Crippen LogP contribution is 2.24. The van der Waals surface area contributed by atoms with Crippen LogP contribution in [0, 0.1) is 5.41 Å². The van der Waals surface area contributed by atoms with Gasteiger partial charge in [-0.05, 0) is 25.7 Å². The van der Waals surface area contributed by atoms with Gasteiger partial charge in [-0.1, -0.05) is 85.5 Å². The predicted octanol–water partition coefficient (Wildman–Crippen LogP) is 4.47. The van der Waals surface area contributed by atoms with Crippen LogP contribution in [0.3, 0.4) is 0 Å². The molecular weight excluding hydrogens is 378 g/mol. The summed E-state index contributed by atoms with van der Waals surface area (Å²) in [4.78, 5) is 39.1. The molecule has 0 atom stereocenters. The maximum Gasteiger partial charge on any atom is 0.245 e. The van der Waals surface area contributed by atoms with Crippen LogP contribution in [0.2, 0.25) is 0 Å². The van der Waals surface area contributed by atoms with Crippen LogP contribution in [0.1, 0.15) is 111 Å². The fraction of sp³-hybridized carbons (Fsp3) is 0.875. The first-order valence-electron chi connectivity index (χ1n) is 12.4. The first-order chi connectivity index (χ1) is 14.5. The molecule has 0 aromatic heterocycles. The minimum absolute atomic E-state index is 0.148. The fourth-order valence-corrected chi connectivity index (χ4v) is 3.50. The van der Waals surface area contributed by atoms with Crippen molar-refractivity contribution in [3.63, 3.8) is 0 Å². The zero-order valence-electron chi connectivity index (χ0n) is 20.0. The van der Waals surface area contributed by atoms with Gasteiger partial charge in [-0.2, -0.15) is 0 Å². The third-order valence-electron chi connectivity index (χ3n) is 5.64. The monoisotopic (exact) mass is 425 g/mol. The quantitative estimate of drug-likeness (QED) is 0.211. The minimum atomic E-state index is -1.69. The summed E-state index contributed by atoms with van der Waals surface area (Å²) in [6.45, 7) is 9.63. The number of amides is 3. The summed E-state index contributed by atoms with van der Waals surface area (Å²) < 4.78 is 0. The molecule has 0 rings (SSSR count). The third kappa shape index (κ3) is 10.4. The van der Waals surface area contributed by atoms with E-state index in [4.69, 9.17) is 0 Å². The maximum atomic E-state index is 13.0. The second-order valence-corrected chi connectivity index (χ2v) is 8.21. The van der Waals surface area contributed by atoms with Gasteiger partial charge in [0.15, 0.2) is 0 Å². The van der Waals surface area contributed by atoms with Crippen molar-refractivity contribution in [2.75, 3.05) is 19.6 Å². The number of carbonyl (C=O) groups is 3. The number of hydrogen-bond acceptors (Lipinski definition) is 3. The minimum Gasteiger partial charge on any atom is -0.355 e. The second-order valence-electron chi connectivity index (χ2n) is 8.21. The summed E-state index contributed by atoms with van der Waals surface area (Å²) in [7, 11) is 0. The molecule has 0 unspecified atom stereocenters. The van der Waals surface area contributed by atoms with Crippen LogP contribution in [-0.4, -0.2) is 37.4 Å². The van der Waals surface area contributed by atoms with Gasteiger partial charge in [0.2, 0.25) is 23.1 Å². The average molecular weight is 426 g/mol. The van der Waals surface area contributed by atoms with Crippen LogP contribution in [0.4, 0.5) is 0 Å². The molecule has 0 heterocycles. The highest BCUT2D eigenvalue weighted by Gasteiger charge is 2.50. The lowest BCUT2D eigenvalue weighted by Crippen LogP contribution is -2.59. The highest BCUT2D eigenvalue weighted by atomic mass is 16.2. The van der Waals surface area contributed by atoms with Crippen LogP contribution in [0.25, 0.3) is 0 Å². The van der Waals surface area contributed by atoms with Crippen molar-refractivity contribution < 1.29 is 14.4 Å². The molecule has 0 fully saturated rings. The highest BCUT2D eigenvalue weighted by molar-refractivity contribution is 6.22. The molecule has 30 heavy (non-hydrogen) atoms. The summed E-state index contributed by atoms with van der Waals surface area (Å²) >= 11 is 0. The van der Waals surface area contributed by atoms with Gasteiger partial charge in [0.25, 0.3) is 0 Å². The molecule has 176 valence electrons. The molecule has 0 bridgehead atoms. The second kappa shape index (κ2) is 18.2. The zero-order chi connectivity index (χ0) is 22.7. The lowest BCUT2D eigenvalue weighted by molar-refractivity contribution is -0.152. The Morgan fingerprint density at radius 3 is 1.03 bits per heavy atom. The summed E-state index contributed by atoms with van der Waals surface area (Å²) in [5, 5.41) is 8.57. The molecule has 0 aliphatic rings. The number of rotatable bonds is 19. The number of unbranched alkanes of at least 4 members (excludes halogenated alkanes) is 9. The SMILES string of the molecule is CCCCCCNC(=O)C(CC)(C(=O)NCCCCCC)C(=O)NCCCCCC. The van der Waals surface area contributed by atoms with Crippen molar-refractivity contribution in [3.8, 4) is 0 Å². The van der Waals surface area contributed by atoms with Crippen LogP contribution in [-0.2, 0) is 14.4 Å². The maximum absolute atomic E-state index is 13.0. The Morgan fingerprint density at radius 1 is 0.500 bits per heavy atom. The van der Waals surface area contributed by atoms with E-state index < -0.39 is 23.1 Å². The Balaban J connectivity index is 5.05. The third-order valence-corrected chi connectivity index (χ3v) is 5.64. The smallest absolute Gasteiger partial charge is 0.245 e. The van der Waals surface area contributed by atoms with Gasteiger partial charge in [0.1, 0.15) is 0 Å².